The molecule has 1 aliphatic heterocycles. The van der Waals surface area contributed by atoms with E-state index in [1.807, 2.05) is 0 Å². The first kappa shape index (κ1) is 16.6. The Balaban J connectivity index is 1.37. The standard InChI is InChI=1S/C17H28N2O4/c20-15(21)17-8-3-5-13(17)11-19(12-17)16(22)18-9-4-10-23-14-6-1-2-7-14/h13-14H,1-12H2,(H,18,22)(H,20,21)/t13-,17+/m0/s1. The summed E-state index contributed by atoms with van der Waals surface area (Å²) < 4.78 is 5.78. The molecule has 3 rings (SSSR count). The van der Waals surface area contributed by atoms with Gasteiger partial charge in [0.25, 0.3) is 0 Å². The predicted octanol–water partition coefficient (Wildman–Crippen LogP) is 2.23. The highest BCUT2D eigenvalue weighted by atomic mass is 16.5. The van der Waals surface area contributed by atoms with Crippen LogP contribution in [0.5, 0.6) is 0 Å². The molecule has 0 aromatic heterocycles. The molecular formula is C17H28N2O4. The molecule has 6 nitrogen and oxygen atoms in total. The number of ether oxygens (including phenoxy) is 1. The SMILES string of the molecule is O=C(NCCCOC1CCCC1)N1C[C@@H]2CCC[C@@]2(C(=O)O)C1. The lowest BCUT2D eigenvalue weighted by molar-refractivity contribution is -0.149. The number of aliphatic carboxylic acids is 1. The molecular weight excluding hydrogens is 296 g/mol. The molecule has 130 valence electrons. The van der Waals surface area contributed by atoms with Crippen LogP contribution in [0.4, 0.5) is 4.79 Å². The third-order valence-electron chi connectivity index (χ3n) is 5.84. The third-order valence-corrected chi connectivity index (χ3v) is 5.84. The fourth-order valence-corrected chi connectivity index (χ4v) is 4.48. The zero-order valence-electron chi connectivity index (χ0n) is 13.8. The maximum absolute atomic E-state index is 12.2. The van der Waals surface area contributed by atoms with Gasteiger partial charge in [0.1, 0.15) is 0 Å². The second-order valence-electron chi connectivity index (χ2n) is 7.29. The zero-order valence-corrected chi connectivity index (χ0v) is 13.8. The first-order valence-corrected chi connectivity index (χ1v) is 8.99. The first-order chi connectivity index (χ1) is 11.1. The lowest BCUT2D eigenvalue weighted by Gasteiger charge is -2.23. The second-order valence-corrected chi connectivity index (χ2v) is 7.29. The van der Waals surface area contributed by atoms with E-state index < -0.39 is 11.4 Å². The van der Waals surface area contributed by atoms with Crippen molar-refractivity contribution in [2.45, 2.75) is 57.5 Å². The van der Waals surface area contributed by atoms with E-state index in [4.69, 9.17) is 4.74 Å². The van der Waals surface area contributed by atoms with E-state index in [0.717, 1.165) is 19.3 Å². The van der Waals surface area contributed by atoms with Crippen molar-refractivity contribution in [3.63, 3.8) is 0 Å². The van der Waals surface area contributed by atoms with Crippen molar-refractivity contribution in [2.24, 2.45) is 11.3 Å². The van der Waals surface area contributed by atoms with E-state index >= 15 is 0 Å². The minimum atomic E-state index is -0.736. The summed E-state index contributed by atoms with van der Waals surface area (Å²) in [5.41, 5.74) is -0.692. The van der Waals surface area contributed by atoms with Gasteiger partial charge in [0.15, 0.2) is 0 Å². The number of fused-ring (bicyclic) bond motifs is 1. The average molecular weight is 324 g/mol. The number of amides is 2. The number of nitrogens with zero attached hydrogens (tertiary/aromatic N) is 1. The van der Waals surface area contributed by atoms with E-state index in [0.29, 0.717) is 38.8 Å². The Morgan fingerprint density at radius 1 is 1.22 bits per heavy atom. The summed E-state index contributed by atoms with van der Waals surface area (Å²) in [4.78, 5) is 25.6. The normalized spacial score (nSPS) is 30.6. The summed E-state index contributed by atoms with van der Waals surface area (Å²) in [5.74, 6) is -0.614. The number of hydrogen-bond acceptors (Lipinski definition) is 3. The highest BCUT2D eigenvalue weighted by molar-refractivity contribution is 5.80. The van der Waals surface area contributed by atoms with Gasteiger partial charge in [0.05, 0.1) is 11.5 Å². The van der Waals surface area contributed by atoms with Crippen LogP contribution in [0, 0.1) is 11.3 Å². The van der Waals surface area contributed by atoms with Gasteiger partial charge in [0, 0.05) is 26.2 Å². The maximum Gasteiger partial charge on any atom is 0.317 e. The molecule has 2 N–H and O–H groups in total. The first-order valence-electron chi connectivity index (χ1n) is 8.99. The van der Waals surface area contributed by atoms with Gasteiger partial charge in [0.2, 0.25) is 0 Å². The quantitative estimate of drug-likeness (QED) is 0.734. The van der Waals surface area contributed by atoms with E-state index in [-0.39, 0.29) is 11.9 Å². The molecule has 0 unspecified atom stereocenters. The van der Waals surface area contributed by atoms with E-state index in [9.17, 15) is 14.7 Å². The Morgan fingerprint density at radius 3 is 2.70 bits per heavy atom. The molecule has 2 aliphatic carbocycles. The number of carbonyl (C=O) groups is 2. The van der Waals surface area contributed by atoms with Crippen molar-refractivity contribution in [2.75, 3.05) is 26.2 Å². The Kier molecular flexibility index (Phi) is 5.09. The highest BCUT2D eigenvalue weighted by Gasteiger charge is 2.55. The highest BCUT2D eigenvalue weighted by Crippen LogP contribution is 2.48. The van der Waals surface area contributed by atoms with Crippen LogP contribution in [0.15, 0.2) is 0 Å². The van der Waals surface area contributed by atoms with E-state index in [2.05, 4.69) is 5.32 Å². The minimum absolute atomic E-state index is 0.122. The van der Waals surface area contributed by atoms with Gasteiger partial charge >= 0.3 is 12.0 Å². The number of likely N-dealkylation sites (tertiary alicyclic amines) is 1. The molecule has 0 spiro atoms. The fourth-order valence-electron chi connectivity index (χ4n) is 4.48. The summed E-state index contributed by atoms with van der Waals surface area (Å²) in [6.45, 7) is 2.22. The summed E-state index contributed by atoms with van der Waals surface area (Å²) in [6, 6.07) is -0.124. The molecule has 0 radical (unpaired) electrons. The van der Waals surface area contributed by atoms with Crippen molar-refractivity contribution >= 4 is 12.0 Å². The summed E-state index contributed by atoms with van der Waals surface area (Å²) in [5, 5.41) is 12.5. The Bertz CT molecular complexity index is 450. The monoisotopic (exact) mass is 324 g/mol. The second kappa shape index (κ2) is 7.07. The molecule has 0 aromatic carbocycles. The van der Waals surface area contributed by atoms with Crippen molar-refractivity contribution in [3.8, 4) is 0 Å². The molecule has 2 amide bonds. The summed E-state index contributed by atoms with van der Waals surface area (Å²) >= 11 is 0. The predicted molar refractivity (Wildman–Crippen MR) is 85.2 cm³/mol. The smallest absolute Gasteiger partial charge is 0.317 e. The minimum Gasteiger partial charge on any atom is -0.481 e. The van der Waals surface area contributed by atoms with Crippen LogP contribution in [0.2, 0.25) is 0 Å². The number of carboxylic acid groups (broad SMARTS) is 1. The fraction of sp³-hybridized carbons (Fsp3) is 0.882. The van der Waals surface area contributed by atoms with E-state index in [1.165, 1.54) is 25.7 Å². The maximum atomic E-state index is 12.2. The van der Waals surface area contributed by atoms with Crippen LogP contribution in [-0.4, -0.2) is 54.4 Å². The van der Waals surface area contributed by atoms with Gasteiger partial charge in [-0.05, 0) is 38.0 Å². The van der Waals surface area contributed by atoms with Crippen LogP contribution in [0.1, 0.15) is 51.4 Å². The van der Waals surface area contributed by atoms with Gasteiger partial charge < -0.3 is 20.1 Å². The lowest BCUT2D eigenvalue weighted by Crippen LogP contribution is -2.42. The molecule has 0 aromatic rings. The Hall–Kier alpha value is -1.30. The molecule has 1 heterocycles. The molecule has 2 atom stereocenters. The van der Waals surface area contributed by atoms with Crippen molar-refractivity contribution in [3.05, 3.63) is 0 Å². The summed E-state index contributed by atoms with van der Waals surface area (Å²) in [6.07, 6.45) is 8.67. The molecule has 23 heavy (non-hydrogen) atoms. The average Bonchev–Trinajstić information content (AvgIpc) is 3.21. The van der Waals surface area contributed by atoms with Crippen LogP contribution >= 0.6 is 0 Å². The third kappa shape index (κ3) is 3.47. The van der Waals surface area contributed by atoms with Gasteiger partial charge in [-0.25, -0.2) is 4.79 Å². The lowest BCUT2D eigenvalue weighted by atomic mass is 9.81. The van der Waals surface area contributed by atoms with Gasteiger partial charge in [-0.15, -0.1) is 0 Å². The summed E-state index contributed by atoms with van der Waals surface area (Å²) in [7, 11) is 0. The zero-order chi connectivity index (χ0) is 16.3. The largest absolute Gasteiger partial charge is 0.481 e. The number of carboxylic acids is 1. The van der Waals surface area contributed by atoms with Crippen molar-refractivity contribution in [1.29, 1.82) is 0 Å². The van der Waals surface area contributed by atoms with E-state index in [1.54, 1.807) is 4.90 Å². The molecule has 1 saturated heterocycles. The Morgan fingerprint density at radius 2 is 2.00 bits per heavy atom. The van der Waals surface area contributed by atoms with Crippen LogP contribution in [0.25, 0.3) is 0 Å². The van der Waals surface area contributed by atoms with Gasteiger partial charge in [-0.3, -0.25) is 4.79 Å². The van der Waals surface area contributed by atoms with Gasteiger partial charge in [-0.1, -0.05) is 19.3 Å². The van der Waals surface area contributed by atoms with Crippen molar-refractivity contribution in [1.82, 2.24) is 10.2 Å². The molecule has 3 fully saturated rings. The topological polar surface area (TPSA) is 78.9 Å². The van der Waals surface area contributed by atoms with Crippen LogP contribution in [0.3, 0.4) is 0 Å². The molecule has 0 bridgehead atoms. The Labute approximate surface area is 137 Å². The number of hydrogen-bond donors (Lipinski definition) is 2. The molecule has 3 aliphatic rings. The molecule has 6 heteroatoms. The van der Waals surface area contributed by atoms with Crippen molar-refractivity contribution < 1.29 is 19.4 Å². The number of urea groups is 1. The molecule has 2 saturated carbocycles. The van der Waals surface area contributed by atoms with Gasteiger partial charge in [-0.2, -0.15) is 0 Å². The van der Waals surface area contributed by atoms with Crippen LogP contribution < -0.4 is 5.32 Å². The number of carbonyl (C=O) groups excluding carboxylic acids is 1. The van der Waals surface area contributed by atoms with Crippen LogP contribution in [-0.2, 0) is 9.53 Å². The number of nitrogens with one attached hydrogen (secondary N) is 1. The number of rotatable bonds is 6.